The Morgan fingerprint density at radius 1 is 0.138 bits per heavy atom. The summed E-state index contributed by atoms with van der Waals surface area (Å²) in [5, 5.41) is 0. The van der Waals surface area contributed by atoms with E-state index in [-0.39, 0.29) is 29.7 Å². The van der Waals surface area contributed by atoms with Gasteiger partial charge in [0.2, 0.25) is 0 Å². The van der Waals surface area contributed by atoms with Crippen molar-refractivity contribution in [2.45, 2.75) is 329 Å². The van der Waals surface area contributed by atoms with Crippen molar-refractivity contribution in [3.05, 3.63) is 359 Å². The Bertz CT molecular complexity index is 2140. The first kappa shape index (κ1) is 137. The van der Waals surface area contributed by atoms with Gasteiger partial charge in [0, 0.05) is 0 Å². The predicted molar refractivity (Wildman–Crippen MR) is 524 cm³/mol. The summed E-state index contributed by atoms with van der Waals surface area (Å²) in [6.45, 7) is 66.6. The highest BCUT2D eigenvalue weighted by Gasteiger charge is 1.98. The van der Waals surface area contributed by atoms with Gasteiger partial charge >= 0.3 is 0 Å². The number of rotatable bonds is 16. The van der Waals surface area contributed by atoms with E-state index in [9.17, 15) is 0 Å². The lowest BCUT2D eigenvalue weighted by Crippen LogP contribution is -1.89. The summed E-state index contributed by atoms with van der Waals surface area (Å²) < 4.78 is 0. The summed E-state index contributed by atoms with van der Waals surface area (Å²) in [4.78, 5) is 0. The lowest BCUT2D eigenvalue weighted by Gasteiger charge is -2.01. The molecule has 0 atom stereocenters. The quantitative estimate of drug-likeness (QED) is 0.0904. The van der Waals surface area contributed by atoms with Crippen LogP contribution in [0.2, 0.25) is 0 Å². The van der Waals surface area contributed by atoms with Gasteiger partial charge in [-0.1, -0.05) is 568 Å². The first-order valence-corrected chi connectivity index (χ1v) is 42.4. The molecule has 0 heterocycles. The Hall–Kier alpha value is -7.80. The van der Waals surface area contributed by atoms with Gasteiger partial charge in [-0.25, -0.2) is 0 Å². The molecule has 109 heavy (non-hydrogen) atoms. The van der Waals surface area contributed by atoms with Crippen molar-refractivity contribution in [3.8, 4) is 0 Å². The van der Waals surface area contributed by atoms with Crippen molar-refractivity contribution < 1.29 is 0 Å². The molecule has 10 aromatic rings. The molecule has 0 amide bonds. The first-order valence-electron chi connectivity index (χ1n) is 42.4. The Morgan fingerprint density at radius 2 is 0.193 bits per heavy atom. The van der Waals surface area contributed by atoms with Gasteiger partial charge in [-0.2, -0.15) is 0 Å². The van der Waals surface area contributed by atoms with Crippen LogP contribution in [-0.4, -0.2) is 0 Å². The van der Waals surface area contributed by atoms with Crippen molar-refractivity contribution in [1.29, 1.82) is 0 Å². The van der Waals surface area contributed by atoms with Crippen LogP contribution in [0.4, 0.5) is 0 Å². The third-order valence-electron chi connectivity index (χ3n) is 12.8. The lowest BCUT2D eigenvalue weighted by atomic mass is 10.0. The summed E-state index contributed by atoms with van der Waals surface area (Å²) >= 11 is 0. The summed E-state index contributed by atoms with van der Waals surface area (Å²) in [7, 11) is 0. The first-order chi connectivity index (χ1) is 52.0. The molecular weight excluding hydrogens is 1310 g/mol. The van der Waals surface area contributed by atoms with Gasteiger partial charge < -0.3 is 0 Å². The van der Waals surface area contributed by atoms with Crippen LogP contribution in [0.1, 0.15) is 320 Å². The van der Waals surface area contributed by atoms with Crippen LogP contribution in [0.5, 0.6) is 0 Å². The molecule has 0 heteroatoms. The van der Waals surface area contributed by atoms with Crippen molar-refractivity contribution in [3.63, 3.8) is 0 Å². The average Bonchev–Trinajstić information content (AvgIpc) is 0.959. The smallest absolute Gasteiger partial charge is 0.0238 e. The van der Waals surface area contributed by atoms with E-state index in [1.165, 1.54) is 62.1 Å². The normalized spacial score (nSPS) is 7.69. The molecule has 0 bridgehead atoms. The van der Waals surface area contributed by atoms with E-state index in [0.717, 1.165) is 70.1 Å². The molecule has 0 saturated carbocycles. The Labute approximate surface area is 689 Å². The molecule has 0 N–H and O–H groups in total. The fourth-order valence-corrected chi connectivity index (χ4v) is 7.89. The second-order valence-electron chi connectivity index (χ2n) is 19.2. The largest absolute Gasteiger partial charge is 0.0776 e. The number of hydrogen-bond donors (Lipinski definition) is 0. The maximum absolute atomic E-state index is 2.22. The molecule has 0 unspecified atom stereocenters. The molecule has 0 spiro atoms. The molecule has 10 rings (SSSR count). The molecule has 0 nitrogen and oxygen atoms in total. The van der Waals surface area contributed by atoms with Gasteiger partial charge in [0.05, 0.1) is 0 Å². The lowest BCUT2D eigenvalue weighted by molar-refractivity contribution is 0.626. The Balaban J connectivity index is -0.0000000700. The van der Waals surface area contributed by atoms with Crippen LogP contribution in [0.3, 0.4) is 0 Å². The molecule has 0 fully saturated rings. The fraction of sp³-hybridized carbons (Fsp3) is 0.450. The molecule has 0 radical (unpaired) electrons. The van der Waals surface area contributed by atoms with Gasteiger partial charge in [0.15, 0.2) is 0 Å². The Morgan fingerprint density at radius 3 is 0.239 bits per heavy atom. The zero-order valence-electron chi connectivity index (χ0n) is 75.2. The number of hydrogen-bond acceptors (Lipinski definition) is 0. The highest BCUT2D eigenvalue weighted by molar-refractivity contribution is 5.25. The molecule has 0 aliphatic heterocycles. The van der Waals surface area contributed by atoms with E-state index < -0.39 is 0 Å². The van der Waals surface area contributed by atoms with Gasteiger partial charge in [0.1, 0.15) is 0 Å². The molecule has 0 aromatic heterocycles. The number of aryl methyl sites for hydroxylation is 10. The second kappa shape index (κ2) is 133. The molecule has 0 aliphatic rings. The maximum atomic E-state index is 2.22. The minimum atomic E-state index is 0. The van der Waals surface area contributed by atoms with E-state index >= 15 is 0 Å². The average molecular weight is 1500 g/mol. The van der Waals surface area contributed by atoms with E-state index in [1.807, 2.05) is 208 Å². The molecule has 0 aliphatic carbocycles. The topological polar surface area (TPSA) is 0 Å². The SMILES string of the molecule is C.C.C.C.CC.CC.CC.CC.CC.CC.CC.CC.CC.CC.CC.CC.CC.CC.CC.CCC(C)C.c1ccc(CCc2ccccc2)cc1.c1ccc(CCc2ccccc2)cc1.c1ccc(CCc2ccccc2)cc1.c1ccc(CCc2ccccc2)cc1.c1ccc(CCc2ccccc2)cc1. The zero-order chi connectivity index (χ0) is 82.5. The van der Waals surface area contributed by atoms with Gasteiger partial charge in [0.25, 0.3) is 0 Å². The summed E-state index contributed by atoms with van der Waals surface area (Å²) in [5.41, 5.74) is 14.1. The van der Waals surface area contributed by atoms with E-state index in [1.54, 1.807) is 0 Å². The van der Waals surface area contributed by atoms with Crippen LogP contribution in [0.15, 0.2) is 303 Å². The standard InChI is InChI=1S/5C14H14.C5H12.15C2H6.4CH4/c5*1-3-7-13(8-4-1)11-12-14-9-5-2-6-10-14;1-4-5(2)3;15*1-2;;;;/h5*1-10H,11-12H2;5H,4H2,1-3H3;15*1-2H3;4*1H4. The fourth-order valence-electron chi connectivity index (χ4n) is 7.89. The number of benzene rings is 10. The molecule has 10 aromatic carbocycles. The summed E-state index contributed by atoms with van der Waals surface area (Å²) in [6, 6.07) is 106. The van der Waals surface area contributed by atoms with Gasteiger partial charge in [-0.15, -0.1) is 0 Å². The maximum Gasteiger partial charge on any atom is -0.0238 e. The van der Waals surface area contributed by atoms with Crippen LogP contribution >= 0.6 is 0 Å². The summed E-state index contributed by atoms with van der Waals surface area (Å²) in [5.74, 6) is 0.884. The second-order valence-corrected chi connectivity index (χ2v) is 19.2. The third-order valence-corrected chi connectivity index (χ3v) is 12.8. The van der Waals surface area contributed by atoms with E-state index in [0.29, 0.717) is 0 Å². The van der Waals surface area contributed by atoms with Crippen LogP contribution in [-0.2, 0) is 64.2 Å². The van der Waals surface area contributed by atoms with Crippen LogP contribution < -0.4 is 0 Å². The highest BCUT2D eigenvalue weighted by atomic mass is 14.0. The van der Waals surface area contributed by atoms with Gasteiger partial charge in [-0.05, 0) is 126 Å². The van der Waals surface area contributed by atoms with E-state index in [4.69, 9.17) is 0 Å². The predicted octanol–water partition coefficient (Wildman–Crippen LogP) is 37.3. The van der Waals surface area contributed by atoms with Crippen molar-refractivity contribution in [2.24, 2.45) is 5.92 Å². The van der Waals surface area contributed by atoms with E-state index in [2.05, 4.69) is 324 Å². The highest BCUT2D eigenvalue weighted by Crippen LogP contribution is 2.11. The van der Waals surface area contributed by atoms with Crippen LogP contribution in [0.25, 0.3) is 0 Å². The van der Waals surface area contributed by atoms with Crippen LogP contribution in [0, 0.1) is 5.92 Å². The molecular formula is C109H188. The van der Waals surface area contributed by atoms with Crippen molar-refractivity contribution in [2.75, 3.05) is 0 Å². The van der Waals surface area contributed by atoms with Crippen molar-refractivity contribution >= 4 is 0 Å². The summed E-state index contributed by atoms with van der Waals surface area (Å²) in [6.07, 6.45) is 12.6. The Kier molecular flexibility index (Phi) is 166. The molecule has 624 valence electrons. The minimum Gasteiger partial charge on any atom is -0.0776 e. The monoisotopic (exact) mass is 1500 g/mol. The van der Waals surface area contributed by atoms with Crippen molar-refractivity contribution in [1.82, 2.24) is 0 Å². The third kappa shape index (κ3) is 98.2. The van der Waals surface area contributed by atoms with Gasteiger partial charge in [-0.3, -0.25) is 0 Å². The zero-order valence-corrected chi connectivity index (χ0v) is 75.2. The minimum absolute atomic E-state index is 0. The molecule has 0 saturated heterocycles.